The summed E-state index contributed by atoms with van der Waals surface area (Å²) in [6.07, 6.45) is 1.20. The maximum absolute atomic E-state index is 13.8. The number of pyridine rings is 1. The van der Waals surface area contributed by atoms with Gasteiger partial charge >= 0.3 is 0 Å². The molecule has 0 radical (unpaired) electrons. The predicted molar refractivity (Wildman–Crippen MR) is 61.0 cm³/mol. The van der Waals surface area contributed by atoms with Gasteiger partial charge in [-0.1, -0.05) is 0 Å². The average Bonchev–Trinajstić information content (AvgIpc) is 2.62. The molecule has 2 aromatic heterocycles. The van der Waals surface area contributed by atoms with Crippen LogP contribution < -0.4 is 4.90 Å². The Labute approximate surface area is 106 Å². The SMILES string of the molecule is [2H]C([2H])([2H])OC1CN(c2cc(F)c3nc(Cl)nn3c2)C1. The van der Waals surface area contributed by atoms with Crippen LogP contribution in [0.2, 0.25) is 5.28 Å². The summed E-state index contributed by atoms with van der Waals surface area (Å²) < 4.78 is 41.0. The normalized spacial score (nSPS) is 19.9. The average molecular weight is 260 g/mol. The quantitative estimate of drug-likeness (QED) is 0.817. The van der Waals surface area contributed by atoms with Crippen molar-refractivity contribution in [3.63, 3.8) is 0 Å². The van der Waals surface area contributed by atoms with E-state index in [0.717, 1.165) is 0 Å². The van der Waals surface area contributed by atoms with Crippen LogP contribution in [-0.4, -0.2) is 40.8 Å². The summed E-state index contributed by atoms with van der Waals surface area (Å²) in [7, 11) is -2.41. The Morgan fingerprint density at radius 1 is 1.65 bits per heavy atom. The van der Waals surface area contributed by atoms with Gasteiger partial charge < -0.3 is 9.64 Å². The van der Waals surface area contributed by atoms with E-state index in [9.17, 15) is 4.39 Å². The number of ether oxygens (including phenoxy) is 1. The van der Waals surface area contributed by atoms with Gasteiger partial charge in [0.15, 0.2) is 11.5 Å². The van der Waals surface area contributed by atoms with Crippen molar-refractivity contribution in [2.45, 2.75) is 6.10 Å². The third-order valence-corrected chi connectivity index (χ3v) is 2.89. The van der Waals surface area contributed by atoms with Crippen molar-refractivity contribution in [2.75, 3.05) is 25.0 Å². The minimum atomic E-state index is -2.41. The Bertz CT molecular complexity index is 656. The second-order valence-electron chi connectivity index (χ2n) is 3.84. The number of nitrogens with zero attached hydrogens (tertiary/aromatic N) is 4. The van der Waals surface area contributed by atoms with Gasteiger partial charge in [0, 0.05) is 26.2 Å². The number of anilines is 1. The van der Waals surface area contributed by atoms with E-state index in [0.29, 0.717) is 18.8 Å². The Morgan fingerprint density at radius 3 is 3.24 bits per heavy atom. The highest BCUT2D eigenvalue weighted by molar-refractivity contribution is 6.28. The van der Waals surface area contributed by atoms with Gasteiger partial charge in [-0.25, -0.2) is 8.91 Å². The van der Waals surface area contributed by atoms with Crippen molar-refractivity contribution in [3.05, 3.63) is 23.4 Å². The fourth-order valence-electron chi connectivity index (χ4n) is 1.80. The first-order valence-corrected chi connectivity index (χ1v) is 5.34. The highest BCUT2D eigenvalue weighted by Crippen LogP contribution is 2.24. The highest BCUT2D eigenvalue weighted by atomic mass is 35.5. The van der Waals surface area contributed by atoms with Gasteiger partial charge in [0.1, 0.15) is 0 Å². The molecule has 1 aliphatic heterocycles. The van der Waals surface area contributed by atoms with Crippen molar-refractivity contribution in [1.29, 1.82) is 0 Å². The summed E-state index contributed by atoms with van der Waals surface area (Å²) in [5, 5.41) is 3.80. The van der Waals surface area contributed by atoms with Gasteiger partial charge in [0.25, 0.3) is 0 Å². The maximum Gasteiger partial charge on any atom is 0.243 e. The van der Waals surface area contributed by atoms with E-state index in [4.69, 9.17) is 20.5 Å². The Kier molecular flexibility index (Phi) is 1.76. The van der Waals surface area contributed by atoms with E-state index in [2.05, 4.69) is 10.1 Å². The minimum Gasteiger partial charge on any atom is -0.378 e. The van der Waals surface area contributed by atoms with Gasteiger partial charge in [-0.2, -0.15) is 4.98 Å². The lowest BCUT2D eigenvalue weighted by Gasteiger charge is -2.39. The third-order valence-electron chi connectivity index (χ3n) is 2.73. The lowest BCUT2D eigenvalue weighted by atomic mass is 10.1. The maximum atomic E-state index is 13.8. The highest BCUT2D eigenvalue weighted by Gasteiger charge is 2.27. The number of fused-ring (bicyclic) bond motifs is 1. The van der Waals surface area contributed by atoms with E-state index in [1.807, 2.05) is 0 Å². The van der Waals surface area contributed by atoms with E-state index >= 15 is 0 Å². The molecule has 7 heteroatoms. The molecule has 2 aromatic rings. The lowest BCUT2D eigenvalue weighted by molar-refractivity contribution is 0.0787. The van der Waals surface area contributed by atoms with Crippen LogP contribution in [0.3, 0.4) is 0 Å². The molecule has 0 aromatic carbocycles. The van der Waals surface area contributed by atoms with Crippen molar-refractivity contribution in [3.8, 4) is 0 Å². The number of hydrogen-bond donors (Lipinski definition) is 0. The molecule has 0 aliphatic carbocycles. The van der Waals surface area contributed by atoms with E-state index in [1.54, 1.807) is 11.1 Å². The molecule has 0 amide bonds. The molecular weight excluding hydrogens is 247 g/mol. The van der Waals surface area contributed by atoms with Crippen LogP contribution in [0.4, 0.5) is 10.1 Å². The standard InChI is InChI=1S/C10H10ClFN4O/c1-17-7-4-15(5-7)6-2-8(12)9-13-10(11)14-16(9)3-6/h2-3,7H,4-5H2,1H3/i1D3. The first-order chi connectivity index (χ1) is 9.32. The monoisotopic (exact) mass is 259 g/mol. The van der Waals surface area contributed by atoms with Gasteiger partial charge in [0.05, 0.1) is 22.1 Å². The summed E-state index contributed by atoms with van der Waals surface area (Å²) in [5.41, 5.74) is 0.622. The molecule has 1 saturated heterocycles. The fraction of sp³-hybridized carbons (Fsp3) is 0.400. The molecule has 17 heavy (non-hydrogen) atoms. The van der Waals surface area contributed by atoms with Crippen molar-refractivity contribution >= 4 is 22.9 Å². The second-order valence-corrected chi connectivity index (χ2v) is 4.18. The molecule has 3 rings (SSSR count). The van der Waals surface area contributed by atoms with Gasteiger partial charge in [-0.05, 0) is 11.6 Å². The smallest absolute Gasteiger partial charge is 0.243 e. The van der Waals surface area contributed by atoms with Crippen LogP contribution in [0.15, 0.2) is 12.3 Å². The molecule has 0 spiro atoms. The zero-order chi connectivity index (χ0) is 14.5. The van der Waals surface area contributed by atoms with Crippen LogP contribution in [-0.2, 0) is 4.74 Å². The minimum absolute atomic E-state index is 0.0340. The number of rotatable bonds is 2. The molecule has 5 nitrogen and oxygen atoms in total. The molecule has 3 heterocycles. The molecule has 0 bridgehead atoms. The van der Waals surface area contributed by atoms with Crippen LogP contribution >= 0.6 is 11.6 Å². The topological polar surface area (TPSA) is 42.7 Å². The Balaban J connectivity index is 1.76. The molecule has 0 saturated carbocycles. The summed E-state index contributed by atoms with van der Waals surface area (Å²) in [4.78, 5) is 5.53. The van der Waals surface area contributed by atoms with Gasteiger partial charge in [-0.3, -0.25) is 0 Å². The second kappa shape index (κ2) is 3.82. The first-order valence-electron chi connectivity index (χ1n) is 6.46. The first kappa shape index (κ1) is 7.84. The molecule has 1 fully saturated rings. The third kappa shape index (κ3) is 1.73. The largest absolute Gasteiger partial charge is 0.378 e. The fourth-order valence-corrected chi connectivity index (χ4v) is 1.96. The van der Waals surface area contributed by atoms with Crippen LogP contribution in [0.1, 0.15) is 4.11 Å². The summed E-state index contributed by atoms with van der Waals surface area (Å²) in [6, 6.07) is 1.31. The zero-order valence-electron chi connectivity index (χ0n) is 11.6. The van der Waals surface area contributed by atoms with E-state index < -0.39 is 12.9 Å². The number of methoxy groups -OCH3 is 1. The van der Waals surface area contributed by atoms with Gasteiger partial charge in [-0.15, -0.1) is 5.10 Å². The summed E-state index contributed by atoms with van der Waals surface area (Å²) in [6.45, 7) is 0.761. The molecule has 1 aliphatic rings. The zero-order valence-corrected chi connectivity index (χ0v) is 9.36. The van der Waals surface area contributed by atoms with Crippen molar-refractivity contribution in [1.82, 2.24) is 14.6 Å². The molecule has 0 atom stereocenters. The molecule has 0 N–H and O–H groups in total. The Morgan fingerprint density at radius 2 is 2.47 bits per heavy atom. The summed E-state index contributed by atoms with van der Waals surface area (Å²) in [5.74, 6) is -0.540. The van der Waals surface area contributed by atoms with Crippen LogP contribution in [0.5, 0.6) is 0 Å². The summed E-state index contributed by atoms with van der Waals surface area (Å²) >= 11 is 5.62. The van der Waals surface area contributed by atoms with E-state index in [-0.39, 0.29) is 17.0 Å². The number of halogens is 2. The lowest BCUT2D eigenvalue weighted by Crippen LogP contribution is -2.52. The van der Waals surface area contributed by atoms with Crippen molar-refractivity contribution < 1.29 is 13.2 Å². The van der Waals surface area contributed by atoms with Crippen LogP contribution in [0, 0.1) is 5.82 Å². The van der Waals surface area contributed by atoms with E-state index in [1.165, 1.54) is 10.6 Å². The van der Waals surface area contributed by atoms with Crippen LogP contribution in [0.25, 0.3) is 5.65 Å². The Hall–Kier alpha value is -1.40. The predicted octanol–water partition coefficient (Wildman–Crippen LogP) is 1.36. The molecular formula is C10H10ClFN4O. The molecule has 0 unspecified atom stereocenters. The number of aromatic nitrogens is 3. The van der Waals surface area contributed by atoms with Gasteiger partial charge in [0.2, 0.25) is 5.28 Å². The van der Waals surface area contributed by atoms with Crippen molar-refractivity contribution in [2.24, 2.45) is 0 Å². The number of hydrogen-bond acceptors (Lipinski definition) is 4. The molecule has 90 valence electrons.